The molecule has 5 heteroatoms. The quantitative estimate of drug-likeness (QED) is 0.722. The number of nitrogens with one attached hydrogen (secondary N) is 2. The fourth-order valence-electron chi connectivity index (χ4n) is 3.17. The Morgan fingerprint density at radius 1 is 1.07 bits per heavy atom. The lowest BCUT2D eigenvalue weighted by molar-refractivity contribution is -0.123. The van der Waals surface area contributed by atoms with E-state index in [1.54, 1.807) is 0 Å². The maximum absolute atomic E-state index is 12.4. The number of rotatable bonds is 7. The van der Waals surface area contributed by atoms with Crippen LogP contribution in [0.2, 0.25) is 0 Å². The van der Waals surface area contributed by atoms with Crippen molar-refractivity contribution in [2.45, 2.75) is 52.0 Å². The summed E-state index contributed by atoms with van der Waals surface area (Å²) in [5.74, 6) is 0.828. The highest BCUT2D eigenvalue weighted by molar-refractivity contribution is 5.94. The number of ether oxygens (including phenoxy) is 1. The van der Waals surface area contributed by atoms with Gasteiger partial charge in [-0.1, -0.05) is 51.1 Å². The number of carbonyl (C=O) groups is 2. The van der Waals surface area contributed by atoms with E-state index in [2.05, 4.69) is 31.4 Å². The molecule has 1 aliphatic carbocycles. The molecule has 0 saturated heterocycles. The second kappa shape index (κ2) is 8.68. The van der Waals surface area contributed by atoms with Gasteiger partial charge < -0.3 is 15.4 Å². The van der Waals surface area contributed by atoms with Crippen LogP contribution < -0.4 is 15.4 Å². The van der Waals surface area contributed by atoms with Crippen LogP contribution in [0.4, 0.5) is 5.69 Å². The first-order chi connectivity index (χ1) is 13.7. The molecule has 2 N–H and O–H groups in total. The van der Waals surface area contributed by atoms with Crippen LogP contribution in [0.1, 0.15) is 57.7 Å². The predicted molar refractivity (Wildman–Crippen MR) is 115 cm³/mol. The van der Waals surface area contributed by atoms with E-state index in [4.69, 9.17) is 4.74 Å². The van der Waals surface area contributed by atoms with Crippen LogP contribution in [0.3, 0.4) is 0 Å². The molecule has 0 bridgehead atoms. The van der Waals surface area contributed by atoms with Gasteiger partial charge in [0.05, 0.1) is 6.04 Å². The highest BCUT2D eigenvalue weighted by Gasteiger charge is 2.29. The van der Waals surface area contributed by atoms with Crippen LogP contribution in [0.5, 0.6) is 5.75 Å². The zero-order valence-electron chi connectivity index (χ0n) is 17.6. The van der Waals surface area contributed by atoms with Gasteiger partial charge in [0.1, 0.15) is 5.75 Å². The minimum absolute atomic E-state index is 0.0348. The molecular formula is C24H30N2O3. The fraction of sp³-hybridized carbons (Fsp3) is 0.417. The van der Waals surface area contributed by atoms with Crippen molar-refractivity contribution in [3.05, 3.63) is 59.7 Å². The van der Waals surface area contributed by atoms with Gasteiger partial charge in [0.25, 0.3) is 5.91 Å². The first kappa shape index (κ1) is 20.9. The summed E-state index contributed by atoms with van der Waals surface area (Å²) in [6, 6.07) is 15.2. The maximum Gasteiger partial charge on any atom is 0.258 e. The summed E-state index contributed by atoms with van der Waals surface area (Å²) in [5.41, 5.74) is 2.77. The fourth-order valence-corrected chi connectivity index (χ4v) is 3.17. The third-order valence-corrected chi connectivity index (χ3v) is 5.06. The average Bonchev–Trinajstić information content (AvgIpc) is 3.52. The number of anilines is 1. The zero-order chi connectivity index (χ0) is 21.0. The summed E-state index contributed by atoms with van der Waals surface area (Å²) in [7, 11) is 0. The zero-order valence-corrected chi connectivity index (χ0v) is 17.6. The van der Waals surface area contributed by atoms with Crippen molar-refractivity contribution < 1.29 is 14.3 Å². The topological polar surface area (TPSA) is 67.4 Å². The lowest BCUT2D eigenvalue weighted by Gasteiger charge is -2.23. The number of carbonyl (C=O) groups excluding carboxylic acids is 2. The number of para-hydroxylation sites is 1. The molecule has 2 aromatic rings. The normalized spacial score (nSPS) is 14.8. The lowest BCUT2D eigenvalue weighted by atomic mass is 9.86. The standard InChI is InChI=1S/C24H30N2O3/c1-16(17-11-13-19(14-12-17)26-23(28)18-9-10-18)25-22(27)15-29-21-8-6-5-7-20(21)24(2,3)4/h5-8,11-14,16,18H,9-10,15H2,1-4H3,(H,25,27)(H,26,28). The van der Waals surface area contributed by atoms with Gasteiger partial charge in [-0.15, -0.1) is 0 Å². The van der Waals surface area contributed by atoms with E-state index < -0.39 is 0 Å². The van der Waals surface area contributed by atoms with Gasteiger partial charge in [-0.3, -0.25) is 9.59 Å². The van der Waals surface area contributed by atoms with Crippen molar-refractivity contribution in [1.29, 1.82) is 0 Å². The molecule has 0 aliphatic heterocycles. The average molecular weight is 395 g/mol. The Bertz CT molecular complexity index is 864. The Labute approximate surface area is 172 Å². The number of hydrogen-bond donors (Lipinski definition) is 2. The summed E-state index contributed by atoms with van der Waals surface area (Å²) >= 11 is 0. The van der Waals surface area contributed by atoms with Crippen LogP contribution in [0, 0.1) is 5.92 Å². The van der Waals surface area contributed by atoms with E-state index >= 15 is 0 Å². The third kappa shape index (κ3) is 5.83. The molecule has 1 unspecified atom stereocenters. The van der Waals surface area contributed by atoms with Gasteiger partial charge in [0, 0.05) is 11.6 Å². The Morgan fingerprint density at radius 2 is 1.72 bits per heavy atom. The molecule has 154 valence electrons. The van der Waals surface area contributed by atoms with Gasteiger partial charge in [-0.2, -0.15) is 0 Å². The summed E-state index contributed by atoms with van der Waals surface area (Å²) < 4.78 is 5.79. The van der Waals surface area contributed by atoms with Gasteiger partial charge in [0.2, 0.25) is 5.91 Å². The van der Waals surface area contributed by atoms with Gasteiger partial charge in [-0.05, 0) is 54.5 Å². The van der Waals surface area contributed by atoms with E-state index in [0.29, 0.717) is 0 Å². The highest BCUT2D eigenvalue weighted by atomic mass is 16.5. The van der Waals surface area contributed by atoms with Gasteiger partial charge in [0.15, 0.2) is 6.61 Å². The van der Waals surface area contributed by atoms with Crippen LogP contribution >= 0.6 is 0 Å². The number of amides is 2. The lowest BCUT2D eigenvalue weighted by Crippen LogP contribution is -2.31. The third-order valence-electron chi connectivity index (χ3n) is 5.06. The minimum atomic E-state index is -0.174. The van der Waals surface area contributed by atoms with E-state index in [1.807, 2.05) is 55.5 Å². The largest absolute Gasteiger partial charge is 0.483 e. The molecule has 1 atom stereocenters. The van der Waals surface area contributed by atoms with Crippen molar-refractivity contribution in [1.82, 2.24) is 5.32 Å². The van der Waals surface area contributed by atoms with Crippen molar-refractivity contribution in [2.75, 3.05) is 11.9 Å². The molecule has 29 heavy (non-hydrogen) atoms. The molecule has 2 amide bonds. The minimum Gasteiger partial charge on any atom is -0.483 e. The van der Waals surface area contributed by atoms with Crippen LogP contribution in [-0.2, 0) is 15.0 Å². The highest BCUT2D eigenvalue weighted by Crippen LogP contribution is 2.31. The maximum atomic E-state index is 12.4. The van der Waals surface area contributed by atoms with Gasteiger partial charge >= 0.3 is 0 Å². The Hall–Kier alpha value is -2.82. The number of benzene rings is 2. The Kier molecular flexibility index (Phi) is 6.26. The van der Waals surface area contributed by atoms with E-state index in [0.717, 1.165) is 35.4 Å². The predicted octanol–water partition coefficient (Wildman–Crippen LogP) is 4.59. The van der Waals surface area contributed by atoms with E-state index in [9.17, 15) is 9.59 Å². The van der Waals surface area contributed by atoms with E-state index in [1.165, 1.54) is 0 Å². The molecule has 3 rings (SSSR count). The molecule has 2 aromatic carbocycles. The van der Waals surface area contributed by atoms with Crippen LogP contribution in [-0.4, -0.2) is 18.4 Å². The summed E-state index contributed by atoms with van der Waals surface area (Å²) in [6.07, 6.45) is 1.96. The second-order valence-electron chi connectivity index (χ2n) is 8.71. The molecule has 5 nitrogen and oxygen atoms in total. The molecule has 1 saturated carbocycles. The Balaban J connectivity index is 1.52. The molecule has 1 fully saturated rings. The molecule has 0 spiro atoms. The monoisotopic (exact) mass is 394 g/mol. The first-order valence-corrected chi connectivity index (χ1v) is 10.2. The van der Waals surface area contributed by atoms with Crippen LogP contribution in [0.25, 0.3) is 0 Å². The molecule has 0 radical (unpaired) electrons. The van der Waals surface area contributed by atoms with Crippen LogP contribution in [0.15, 0.2) is 48.5 Å². The molecule has 0 aromatic heterocycles. The summed E-state index contributed by atoms with van der Waals surface area (Å²) in [6.45, 7) is 8.25. The smallest absolute Gasteiger partial charge is 0.258 e. The Morgan fingerprint density at radius 3 is 2.34 bits per heavy atom. The SMILES string of the molecule is CC(NC(=O)COc1ccccc1C(C)(C)C)c1ccc(NC(=O)C2CC2)cc1. The molecular weight excluding hydrogens is 364 g/mol. The van der Waals surface area contributed by atoms with Crippen molar-refractivity contribution >= 4 is 17.5 Å². The van der Waals surface area contributed by atoms with E-state index in [-0.39, 0.29) is 35.8 Å². The van der Waals surface area contributed by atoms with Crippen molar-refractivity contribution in [2.24, 2.45) is 5.92 Å². The van der Waals surface area contributed by atoms with Gasteiger partial charge in [-0.25, -0.2) is 0 Å². The first-order valence-electron chi connectivity index (χ1n) is 10.2. The summed E-state index contributed by atoms with van der Waals surface area (Å²) in [5, 5.41) is 5.88. The number of hydrogen-bond acceptors (Lipinski definition) is 3. The summed E-state index contributed by atoms with van der Waals surface area (Å²) in [4.78, 5) is 24.2. The second-order valence-corrected chi connectivity index (χ2v) is 8.71. The molecule has 0 heterocycles. The van der Waals surface area contributed by atoms with Crippen molar-refractivity contribution in [3.63, 3.8) is 0 Å². The van der Waals surface area contributed by atoms with Crippen molar-refractivity contribution in [3.8, 4) is 5.75 Å². The molecule has 1 aliphatic rings.